The number of pyridine rings is 1. The zero-order valence-electron chi connectivity index (χ0n) is 20.4. The Morgan fingerprint density at radius 1 is 1.10 bits per heavy atom. The summed E-state index contributed by atoms with van der Waals surface area (Å²) >= 11 is 1.11. The van der Waals surface area contributed by atoms with Crippen LogP contribution in [0.1, 0.15) is 24.0 Å². The highest BCUT2D eigenvalue weighted by Crippen LogP contribution is 2.59. The Labute approximate surface area is 229 Å². The third-order valence-electron chi connectivity index (χ3n) is 6.57. The largest absolute Gasteiger partial charge is 0.506 e. The minimum Gasteiger partial charge on any atom is -0.506 e. The van der Waals surface area contributed by atoms with Gasteiger partial charge in [0.2, 0.25) is 10.0 Å². The number of hydrogen-bond donors (Lipinski definition) is 6. The van der Waals surface area contributed by atoms with E-state index in [2.05, 4.69) is 19.9 Å². The van der Waals surface area contributed by atoms with E-state index in [1.54, 1.807) is 47.8 Å². The van der Waals surface area contributed by atoms with Crippen LogP contribution in [0, 0.1) is 5.92 Å². The monoisotopic (exact) mass is 587 g/mol. The minimum absolute atomic E-state index is 0.0412. The standard InChI is InChI=1S/C25H25N5O6S3/c31-21-18-8-4-5-9-19(18)30(26-12-15-10-11-15)25(32)20(21)23-28-24-22(39(35,36)29-23)16(14-37-24)13-27-38(33,34)17-6-2-1-3-7-17/h1-9,14-15,26-27,31,35-36H,10-13H2,(H,28,29). The van der Waals surface area contributed by atoms with E-state index in [0.29, 0.717) is 33.9 Å². The van der Waals surface area contributed by atoms with Crippen molar-refractivity contribution in [1.82, 2.24) is 9.40 Å². The summed E-state index contributed by atoms with van der Waals surface area (Å²) in [6, 6.07) is 14.7. The van der Waals surface area contributed by atoms with Gasteiger partial charge in [-0.2, -0.15) is 0 Å². The van der Waals surface area contributed by atoms with E-state index in [9.17, 15) is 27.4 Å². The maximum Gasteiger partial charge on any atom is 0.284 e. The SMILES string of the molecule is O=c1c(C2=NS(O)(O)c3c(CNS(=O)(=O)c4ccccc4)csc3N2)c(O)c2ccccc2n1NCC1CC1. The van der Waals surface area contributed by atoms with Crippen LogP contribution in [0.25, 0.3) is 10.9 Å². The zero-order valence-corrected chi connectivity index (χ0v) is 22.8. The fraction of sp³-hybridized carbons (Fsp3) is 0.200. The Balaban J connectivity index is 1.36. The van der Waals surface area contributed by atoms with Gasteiger partial charge in [0.05, 0.1) is 10.4 Å². The molecule has 6 rings (SSSR count). The second-order valence-electron chi connectivity index (χ2n) is 9.33. The molecule has 1 fully saturated rings. The number of hydrogen-bond acceptors (Lipinski definition) is 10. The van der Waals surface area contributed by atoms with Crippen molar-refractivity contribution >= 4 is 53.9 Å². The Morgan fingerprint density at radius 2 is 1.82 bits per heavy atom. The fourth-order valence-electron chi connectivity index (χ4n) is 4.40. The van der Waals surface area contributed by atoms with Gasteiger partial charge in [-0.1, -0.05) is 41.1 Å². The summed E-state index contributed by atoms with van der Waals surface area (Å²) in [5.41, 5.74) is 3.16. The van der Waals surface area contributed by atoms with Crippen LogP contribution < -0.4 is 21.0 Å². The molecule has 11 nitrogen and oxygen atoms in total. The highest BCUT2D eigenvalue weighted by atomic mass is 32.3. The first kappa shape index (κ1) is 25.9. The Bertz CT molecular complexity index is 1780. The molecular formula is C25H25N5O6S3. The molecule has 0 spiro atoms. The molecule has 204 valence electrons. The highest BCUT2D eigenvalue weighted by molar-refractivity contribution is 8.23. The van der Waals surface area contributed by atoms with Gasteiger partial charge < -0.3 is 15.8 Å². The Hall–Kier alpha value is -3.40. The lowest BCUT2D eigenvalue weighted by Crippen LogP contribution is -2.36. The van der Waals surface area contributed by atoms with E-state index in [-0.39, 0.29) is 33.5 Å². The molecule has 0 amide bonds. The van der Waals surface area contributed by atoms with Gasteiger partial charge >= 0.3 is 0 Å². The summed E-state index contributed by atoms with van der Waals surface area (Å²) in [5, 5.41) is 16.3. The van der Waals surface area contributed by atoms with Crippen molar-refractivity contribution in [3.63, 3.8) is 0 Å². The van der Waals surface area contributed by atoms with Crippen molar-refractivity contribution in [2.45, 2.75) is 29.2 Å². The van der Waals surface area contributed by atoms with Gasteiger partial charge in [-0.15, -0.1) is 15.7 Å². The summed E-state index contributed by atoms with van der Waals surface area (Å²) in [6.45, 7) is 0.380. The molecule has 0 radical (unpaired) electrons. The first-order valence-corrected chi connectivity index (χ1v) is 15.9. The van der Waals surface area contributed by atoms with Gasteiger partial charge in [0.1, 0.15) is 21.2 Å². The molecule has 0 bridgehead atoms. The molecule has 1 aliphatic carbocycles. The van der Waals surface area contributed by atoms with Gasteiger partial charge in [-0.3, -0.25) is 13.9 Å². The van der Waals surface area contributed by atoms with Crippen molar-refractivity contribution < 1.29 is 22.6 Å². The number of anilines is 1. The summed E-state index contributed by atoms with van der Waals surface area (Å²) in [6.07, 6.45) is 2.15. The normalized spacial score (nSPS) is 17.2. The van der Waals surface area contributed by atoms with Gasteiger partial charge in [0, 0.05) is 24.0 Å². The van der Waals surface area contributed by atoms with E-state index in [4.69, 9.17) is 0 Å². The molecule has 1 aliphatic heterocycles. The van der Waals surface area contributed by atoms with E-state index < -0.39 is 26.4 Å². The van der Waals surface area contributed by atoms with Crippen LogP contribution in [0.4, 0.5) is 5.00 Å². The molecule has 6 N–H and O–H groups in total. The van der Waals surface area contributed by atoms with Crippen LogP contribution in [0.2, 0.25) is 0 Å². The predicted octanol–water partition coefficient (Wildman–Crippen LogP) is 4.10. The van der Waals surface area contributed by atoms with E-state index in [0.717, 1.165) is 24.2 Å². The lowest BCUT2D eigenvalue weighted by Gasteiger charge is -2.33. The summed E-state index contributed by atoms with van der Waals surface area (Å²) in [4.78, 5) is 13.7. The molecule has 1 saturated carbocycles. The number of rotatable bonds is 8. The number of aromatic nitrogens is 1. The molecule has 0 unspecified atom stereocenters. The molecule has 0 saturated heterocycles. The molecule has 3 heterocycles. The number of aromatic hydroxyl groups is 1. The van der Waals surface area contributed by atoms with Crippen molar-refractivity contribution in [2.75, 3.05) is 17.3 Å². The van der Waals surface area contributed by atoms with Crippen LogP contribution >= 0.6 is 22.1 Å². The van der Waals surface area contributed by atoms with Crippen molar-refractivity contribution in [2.24, 2.45) is 10.3 Å². The molecular weight excluding hydrogens is 563 g/mol. The van der Waals surface area contributed by atoms with Crippen LogP contribution in [-0.4, -0.2) is 39.7 Å². The number of fused-ring (bicyclic) bond motifs is 2. The maximum absolute atomic E-state index is 13.6. The van der Waals surface area contributed by atoms with Gasteiger partial charge in [-0.05, 0) is 48.4 Å². The van der Waals surface area contributed by atoms with Gasteiger partial charge in [0.15, 0.2) is 5.84 Å². The van der Waals surface area contributed by atoms with Crippen LogP contribution in [-0.2, 0) is 16.6 Å². The number of nitrogens with zero attached hydrogens (tertiary/aromatic N) is 2. The average Bonchev–Trinajstić information content (AvgIpc) is 3.65. The van der Waals surface area contributed by atoms with Crippen molar-refractivity contribution in [3.8, 4) is 5.75 Å². The number of thiophene rings is 1. The van der Waals surface area contributed by atoms with Crippen molar-refractivity contribution in [3.05, 3.63) is 81.5 Å². The summed E-state index contributed by atoms with van der Waals surface area (Å²) in [7, 11) is -7.69. The zero-order chi connectivity index (χ0) is 27.4. The summed E-state index contributed by atoms with van der Waals surface area (Å²) in [5.74, 6) is -0.0511. The number of benzene rings is 2. The lowest BCUT2D eigenvalue weighted by molar-refractivity contribution is 0.478. The third kappa shape index (κ3) is 4.79. The molecule has 2 aliphatic rings. The van der Waals surface area contributed by atoms with Crippen LogP contribution in [0.3, 0.4) is 0 Å². The number of para-hydroxylation sites is 1. The minimum atomic E-state index is -3.85. The molecule has 0 atom stereocenters. The third-order valence-corrected chi connectivity index (χ3v) is 10.5. The fourth-order valence-corrected chi connectivity index (χ4v) is 8.10. The van der Waals surface area contributed by atoms with Crippen molar-refractivity contribution in [1.29, 1.82) is 0 Å². The smallest absolute Gasteiger partial charge is 0.284 e. The van der Waals surface area contributed by atoms with Crippen LogP contribution in [0.15, 0.2) is 79.0 Å². The molecule has 39 heavy (non-hydrogen) atoms. The topological polar surface area (TPSA) is 165 Å². The Kier molecular flexibility index (Phi) is 6.40. The lowest BCUT2D eigenvalue weighted by atomic mass is 10.1. The highest BCUT2D eigenvalue weighted by Gasteiger charge is 2.34. The second kappa shape index (κ2) is 9.66. The number of nitrogens with one attached hydrogen (secondary N) is 3. The maximum atomic E-state index is 13.6. The van der Waals surface area contributed by atoms with Gasteiger partial charge in [-0.25, -0.2) is 17.8 Å². The molecule has 2 aromatic heterocycles. The quantitative estimate of drug-likeness (QED) is 0.179. The predicted molar refractivity (Wildman–Crippen MR) is 153 cm³/mol. The average molecular weight is 588 g/mol. The Morgan fingerprint density at radius 3 is 2.56 bits per heavy atom. The molecule has 14 heteroatoms. The van der Waals surface area contributed by atoms with Gasteiger partial charge in [0.25, 0.3) is 5.56 Å². The van der Waals surface area contributed by atoms with Crippen LogP contribution in [0.5, 0.6) is 5.75 Å². The van der Waals surface area contributed by atoms with E-state index in [1.165, 1.54) is 16.8 Å². The second-order valence-corrected chi connectivity index (χ2v) is 13.6. The number of sulfonamides is 1. The summed E-state index contributed by atoms with van der Waals surface area (Å²) < 4.78 is 55.3. The first-order valence-electron chi connectivity index (χ1n) is 12.1. The van der Waals surface area contributed by atoms with E-state index in [1.807, 2.05) is 0 Å². The molecule has 4 aromatic rings. The van der Waals surface area contributed by atoms with E-state index >= 15 is 0 Å². The molecule has 2 aromatic carbocycles. The first-order chi connectivity index (χ1) is 18.7. The number of amidine groups is 1.